The van der Waals surface area contributed by atoms with Gasteiger partial charge in [-0.3, -0.25) is 0 Å². The van der Waals surface area contributed by atoms with E-state index >= 15 is 0 Å². The molecule has 4 nitrogen and oxygen atoms in total. The van der Waals surface area contributed by atoms with Crippen LogP contribution in [0.4, 0.5) is 0 Å². The zero-order valence-corrected chi connectivity index (χ0v) is 12.7. The molecule has 108 valence electrons. The summed E-state index contributed by atoms with van der Waals surface area (Å²) in [7, 11) is 0. The summed E-state index contributed by atoms with van der Waals surface area (Å²) < 4.78 is 11.1. The lowest BCUT2D eigenvalue weighted by molar-refractivity contribution is 0.300. The summed E-state index contributed by atoms with van der Waals surface area (Å²) in [5, 5.41) is 6.40. The zero-order chi connectivity index (χ0) is 14.2. The lowest BCUT2D eigenvalue weighted by Crippen LogP contribution is -2.11. The molecule has 0 saturated carbocycles. The standard InChI is InChI=1S/C15H20N2O2S/c1-3-16-9-15-17-12(11-20-15)10-19-14-7-5-13(6-8-14)18-4-2/h5-8,11,16H,3-4,9-10H2,1-2H3. The predicted molar refractivity (Wildman–Crippen MR) is 81.4 cm³/mol. The number of benzene rings is 1. The van der Waals surface area contributed by atoms with Gasteiger partial charge in [0, 0.05) is 11.9 Å². The maximum atomic E-state index is 5.71. The molecule has 1 aromatic carbocycles. The number of hydrogen-bond donors (Lipinski definition) is 1. The minimum absolute atomic E-state index is 0.497. The summed E-state index contributed by atoms with van der Waals surface area (Å²) in [5.74, 6) is 1.69. The van der Waals surface area contributed by atoms with Crippen LogP contribution < -0.4 is 14.8 Å². The van der Waals surface area contributed by atoms with E-state index in [1.54, 1.807) is 11.3 Å². The van der Waals surface area contributed by atoms with Gasteiger partial charge in [0.2, 0.25) is 0 Å². The maximum Gasteiger partial charge on any atom is 0.131 e. The van der Waals surface area contributed by atoms with Gasteiger partial charge < -0.3 is 14.8 Å². The molecule has 0 atom stereocenters. The van der Waals surface area contributed by atoms with Crippen LogP contribution in [0.3, 0.4) is 0 Å². The number of thiazole rings is 1. The molecule has 20 heavy (non-hydrogen) atoms. The van der Waals surface area contributed by atoms with E-state index in [1.165, 1.54) is 0 Å². The molecular weight excluding hydrogens is 272 g/mol. The minimum atomic E-state index is 0.497. The summed E-state index contributed by atoms with van der Waals surface area (Å²) in [6, 6.07) is 7.65. The molecule has 1 heterocycles. The average Bonchev–Trinajstić information content (AvgIpc) is 2.93. The number of aromatic nitrogens is 1. The molecule has 0 fully saturated rings. The van der Waals surface area contributed by atoms with Crippen molar-refractivity contribution in [2.24, 2.45) is 0 Å². The van der Waals surface area contributed by atoms with E-state index in [4.69, 9.17) is 9.47 Å². The van der Waals surface area contributed by atoms with Crippen LogP contribution in [-0.4, -0.2) is 18.1 Å². The third-order valence-corrected chi connectivity index (χ3v) is 3.54. The Bertz CT molecular complexity index is 511. The summed E-state index contributed by atoms with van der Waals surface area (Å²) in [6.07, 6.45) is 0. The fraction of sp³-hybridized carbons (Fsp3) is 0.400. The van der Waals surface area contributed by atoms with Gasteiger partial charge in [-0.15, -0.1) is 11.3 Å². The van der Waals surface area contributed by atoms with Gasteiger partial charge in [0.25, 0.3) is 0 Å². The molecular formula is C15H20N2O2S. The molecule has 0 aliphatic carbocycles. The molecule has 0 saturated heterocycles. The highest BCUT2D eigenvalue weighted by molar-refractivity contribution is 7.09. The van der Waals surface area contributed by atoms with E-state index in [1.807, 2.05) is 36.6 Å². The van der Waals surface area contributed by atoms with Crippen LogP contribution in [0.2, 0.25) is 0 Å². The molecule has 5 heteroatoms. The van der Waals surface area contributed by atoms with E-state index in [-0.39, 0.29) is 0 Å². The quantitative estimate of drug-likeness (QED) is 0.811. The first kappa shape index (κ1) is 14.8. The molecule has 0 bridgehead atoms. The summed E-state index contributed by atoms with van der Waals surface area (Å²) in [5.41, 5.74) is 0.969. The normalized spacial score (nSPS) is 10.5. The SMILES string of the molecule is CCNCc1nc(COc2ccc(OCC)cc2)cs1. The summed E-state index contributed by atoms with van der Waals surface area (Å²) >= 11 is 1.66. The fourth-order valence-corrected chi connectivity index (χ4v) is 2.43. The van der Waals surface area contributed by atoms with Gasteiger partial charge in [-0.2, -0.15) is 0 Å². The van der Waals surface area contributed by atoms with Crippen molar-refractivity contribution in [3.63, 3.8) is 0 Å². The van der Waals surface area contributed by atoms with Crippen LogP contribution in [0.25, 0.3) is 0 Å². The van der Waals surface area contributed by atoms with Crippen molar-refractivity contribution < 1.29 is 9.47 Å². The first-order valence-corrected chi connectivity index (χ1v) is 7.69. The second-order valence-corrected chi connectivity index (χ2v) is 5.15. The Balaban J connectivity index is 1.83. The van der Waals surface area contributed by atoms with E-state index in [9.17, 15) is 0 Å². The van der Waals surface area contributed by atoms with Gasteiger partial charge in [0.05, 0.1) is 12.3 Å². The second-order valence-electron chi connectivity index (χ2n) is 4.21. The van der Waals surface area contributed by atoms with Gasteiger partial charge >= 0.3 is 0 Å². The lowest BCUT2D eigenvalue weighted by atomic mass is 10.3. The van der Waals surface area contributed by atoms with E-state index < -0.39 is 0 Å². The Morgan fingerprint density at radius 3 is 2.45 bits per heavy atom. The zero-order valence-electron chi connectivity index (χ0n) is 11.9. The van der Waals surface area contributed by atoms with Crippen LogP contribution in [-0.2, 0) is 13.2 Å². The minimum Gasteiger partial charge on any atom is -0.494 e. The topological polar surface area (TPSA) is 43.4 Å². The first-order valence-electron chi connectivity index (χ1n) is 6.81. The molecule has 2 aromatic rings. The second kappa shape index (κ2) is 7.87. The van der Waals surface area contributed by atoms with Crippen molar-refractivity contribution in [3.8, 4) is 11.5 Å². The highest BCUT2D eigenvalue weighted by atomic mass is 32.1. The number of nitrogens with zero attached hydrogens (tertiary/aromatic N) is 1. The third kappa shape index (κ3) is 4.51. The van der Waals surface area contributed by atoms with Crippen LogP contribution in [0.5, 0.6) is 11.5 Å². The lowest BCUT2D eigenvalue weighted by Gasteiger charge is -2.06. The fourth-order valence-electron chi connectivity index (χ4n) is 1.68. The molecule has 1 N–H and O–H groups in total. The van der Waals surface area contributed by atoms with E-state index in [0.717, 1.165) is 35.3 Å². The monoisotopic (exact) mass is 292 g/mol. The van der Waals surface area contributed by atoms with Crippen molar-refractivity contribution in [1.82, 2.24) is 10.3 Å². The first-order chi connectivity index (χ1) is 9.81. The number of ether oxygens (including phenoxy) is 2. The Hall–Kier alpha value is -1.59. The smallest absolute Gasteiger partial charge is 0.131 e. The van der Waals surface area contributed by atoms with E-state index in [2.05, 4.69) is 17.2 Å². The van der Waals surface area contributed by atoms with Crippen molar-refractivity contribution in [1.29, 1.82) is 0 Å². The van der Waals surface area contributed by atoms with Crippen molar-refractivity contribution in [2.45, 2.75) is 27.0 Å². The Morgan fingerprint density at radius 2 is 1.80 bits per heavy atom. The average molecular weight is 292 g/mol. The molecule has 0 amide bonds. The highest BCUT2D eigenvalue weighted by Gasteiger charge is 2.03. The Kier molecular flexibility index (Phi) is 5.83. The van der Waals surface area contributed by atoms with Crippen molar-refractivity contribution >= 4 is 11.3 Å². The molecule has 2 rings (SSSR count). The van der Waals surface area contributed by atoms with E-state index in [0.29, 0.717) is 13.2 Å². The van der Waals surface area contributed by atoms with Crippen molar-refractivity contribution in [2.75, 3.05) is 13.2 Å². The van der Waals surface area contributed by atoms with Crippen LogP contribution in [0.1, 0.15) is 24.5 Å². The van der Waals surface area contributed by atoms with Gasteiger partial charge in [0.15, 0.2) is 0 Å². The Morgan fingerprint density at radius 1 is 1.10 bits per heavy atom. The molecule has 0 spiro atoms. The largest absolute Gasteiger partial charge is 0.494 e. The van der Waals surface area contributed by atoms with Gasteiger partial charge in [-0.05, 0) is 37.7 Å². The van der Waals surface area contributed by atoms with Gasteiger partial charge in [0.1, 0.15) is 23.1 Å². The summed E-state index contributed by atoms with van der Waals surface area (Å²) in [6.45, 7) is 7.01. The molecule has 0 aliphatic rings. The van der Waals surface area contributed by atoms with Crippen LogP contribution >= 0.6 is 11.3 Å². The summed E-state index contributed by atoms with van der Waals surface area (Å²) in [4.78, 5) is 4.52. The highest BCUT2D eigenvalue weighted by Crippen LogP contribution is 2.19. The number of nitrogens with one attached hydrogen (secondary N) is 1. The van der Waals surface area contributed by atoms with Gasteiger partial charge in [-0.1, -0.05) is 6.92 Å². The Labute approximate surface area is 123 Å². The number of hydrogen-bond acceptors (Lipinski definition) is 5. The molecule has 1 aromatic heterocycles. The van der Waals surface area contributed by atoms with Crippen molar-refractivity contribution in [3.05, 3.63) is 40.3 Å². The van der Waals surface area contributed by atoms with Crippen LogP contribution in [0.15, 0.2) is 29.6 Å². The maximum absolute atomic E-state index is 5.71. The molecule has 0 radical (unpaired) electrons. The van der Waals surface area contributed by atoms with Gasteiger partial charge in [-0.25, -0.2) is 4.98 Å². The number of rotatable bonds is 8. The molecule has 0 aliphatic heterocycles. The van der Waals surface area contributed by atoms with Crippen LogP contribution in [0, 0.1) is 0 Å². The third-order valence-electron chi connectivity index (χ3n) is 2.65. The molecule has 0 unspecified atom stereocenters. The predicted octanol–water partition coefficient (Wildman–Crippen LogP) is 3.23.